The van der Waals surface area contributed by atoms with Crippen LogP contribution in [-0.2, 0) is 0 Å². The predicted octanol–water partition coefficient (Wildman–Crippen LogP) is 2.60. The Labute approximate surface area is 120 Å². The number of rotatable bonds is 2. The minimum absolute atomic E-state index is 0.311. The standard InChI is InChI=1S/C16H13NO4/c1-10-7-8-12-14(9-10)21-16(19)17(12)15(18)11-5-3-4-6-13(11)20-2/h3-9H,1-2H3. The number of nitrogens with zero attached hydrogens (tertiary/aromatic N) is 1. The van der Waals surface area contributed by atoms with Crippen molar-refractivity contribution < 1.29 is 13.9 Å². The summed E-state index contributed by atoms with van der Waals surface area (Å²) in [4.78, 5) is 24.6. The molecule has 0 spiro atoms. The number of aromatic nitrogens is 1. The lowest BCUT2D eigenvalue weighted by Crippen LogP contribution is -2.23. The third-order valence-electron chi connectivity index (χ3n) is 3.28. The number of ether oxygens (including phenoxy) is 1. The molecule has 0 aliphatic rings. The van der Waals surface area contributed by atoms with Crippen LogP contribution >= 0.6 is 0 Å². The molecule has 2 aromatic carbocycles. The van der Waals surface area contributed by atoms with E-state index in [0.717, 1.165) is 10.1 Å². The second kappa shape index (κ2) is 4.94. The molecule has 0 saturated heterocycles. The molecule has 3 aromatic rings. The van der Waals surface area contributed by atoms with E-state index in [4.69, 9.17) is 9.15 Å². The van der Waals surface area contributed by atoms with Gasteiger partial charge in [-0.05, 0) is 36.8 Å². The summed E-state index contributed by atoms with van der Waals surface area (Å²) in [7, 11) is 1.48. The summed E-state index contributed by atoms with van der Waals surface area (Å²) in [5.74, 6) is -0.762. The summed E-state index contributed by atoms with van der Waals surface area (Å²) < 4.78 is 11.3. The summed E-state index contributed by atoms with van der Waals surface area (Å²) in [5, 5.41) is 0. The first-order valence-corrected chi connectivity index (χ1v) is 6.42. The van der Waals surface area contributed by atoms with Crippen LogP contribution in [0.15, 0.2) is 51.7 Å². The van der Waals surface area contributed by atoms with Crippen molar-refractivity contribution in [2.24, 2.45) is 0 Å². The van der Waals surface area contributed by atoms with Gasteiger partial charge in [0.05, 0.1) is 18.2 Å². The fourth-order valence-electron chi connectivity index (χ4n) is 2.26. The Kier molecular flexibility index (Phi) is 3.10. The molecule has 0 aliphatic heterocycles. The molecular weight excluding hydrogens is 270 g/mol. The molecule has 0 atom stereocenters. The van der Waals surface area contributed by atoms with E-state index in [1.54, 1.807) is 36.4 Å². The van der Waals surface area contributed by atoms with E-state index in [0.29, 0.717) is 22.4 Å². The van der Waals surface area contributed by atoms with Gasteiger partial charge in [0.2, 0.25) is 0 Å². The number of hydrogen-bond acceptors (Lipinski definition) is 4. The molecule has 106 valence electrons. The SMILES string of the molecule is COc1ccccc1C(=O)n1c(=O)oc2cc(C)ccc21. The van der Waals surface area contributed by atoms with Crippen LogP contribution in [0.1, 0.15) is 15.9 Å². The van der Waals surface area contributed by atoms with E-state index in [1.165, 1.54) is 7.11 Å². The number of carbonyl (C=O) groups excluding carboxylic acids is 1. The monoisotopic (exact) mass is 283 g/mol. The van der Waals surface area contributed by atoms with Crippen LogP contribution in [0.2, 0.25) is 0 Å². The third-order valence-corrected chi connectivity index (χ3v) is 3.28. The summed E-state index contributed by atoms with van der Waals surface area (Å²) >= 11 is 0. The Bertz CT molecular complexity index is 889. The van der Waals surface area contributed by atoms with E-state index in [2.05, 4.69) is 0 Å². The molecule has 0 N–H and O–H groups in total. The average molecular weight is 283 g/mol. The van der Waals surface area contributed by atoms with E-state index < -0.39 is 11.7 Å². The van der Waals surface area contributed by atoms with E-state index in [9.17, 15) is 9.59 Å². The zero-order valence-electron chi connectivity index (χ0n) is 11.6. The predicted molar refractivity (Wildman–Crippen MR) is 77.9 cm³/mol. The van der Waals surface area contributed by atoms with E-state index in [1.807, 2.05) is 13.0 Å². The smallest absolute Gasteiger partial charge is 0.427 e. The van der Waals surface area contributed by atoms with Gasteiger partial charge in [0, 0.05) is 0 Å². The number of aryl methyl sites for hydroxylation is 1. The normalized spacial score (nSPS) is 10.8. The van der Waals surface area contributed by atoms with Crippen molar-refractivity contribution in [1.82, 2.24) is 4.57 Å². The number of methoxy groups -OCH3 is 1. The molecule has 21 heavy (non-hydrogen) atoms. The van der Waals surface area contributed by atoms with Crippen LogP contribution in [0, 0.1) is 6.92 Å². The highest BCUT2D eigenvalue weighted by molar-refractivity contribution is 6.02. The number of oxazole rings is 1. The van der Waals surface area contributed by atoms with Gasteiger partial charge in [-0.3, -0.25) is 4.79 Å². The van der Waals surface area contributed by atoms with Crippen molar-refractivity contribution in [3.05, 3.63) is 64.1 Å². The molecule has 0 saturated carbocycles. The largest absolute Gasteiger partial charge is 0.496 e. The Balaban J connectivity index is 2.23. The molecule has 5 nitrogen and oxygen atoms in total. The highest BCUT2D eigenvalue weighted by Crippen LogP contribution is 2.21. The zero-order chi connectivity index (χ0) is 15.0. The molecule has 1 heterocycles. The van der Waals surface area contributed by atoms with Gasteiger partial charge in [-0.25, -0.2) is 9.36 Å². The van der Waals surface area contributed by atoms with Gasteiger partial charge >= 0.3 is 5.76 Å². The minimum atomic E-state index is -0.702. The van der Waals surface area contributed by atoms with Gasteiger partial charge in [-0.15, -0.1) is 0 Å². The Hall–Kier alpha value is -2.82. The van der Waals surface area contributed by atoms with Crippen molar-refractivity contribution >= 4 is 17.0 Å². The number of hydrogen-bond donors (Lipinski definition) is 0. The molecule has 0 radical (unpaired) electrons. The lowest BCUT2D eigenvalue weighted by Gasteiger charge is -2.07. The second-order valence-corrected chi connectivity index (χ2v) is 4.68. The maximum absolute atomic E-state index is 12.6. The van der Waals surface area contributed by atoms with Gasteiger partial charge in [0.25, 0.3) is 5.91 Å². The first-order chi connectivity index (χ1) is 10.1. The van der Waals surface area contributed by atoms with Gasteiger partial charge in [-0.2, -0.15) is 0 Å². The van der Waals surface area contributed by atoms with Crippen LogP contribution < -0.4 is 10.5 Å². The highest BCUT2D eigenvalue weighted by Gasteiger charge is 2.20. The molecule has 5 heteroatoms. The fraction of sp³-hybridized carbons (Fsp3) is 0.125. The molecule has 0 amide bonds. The van der Waals surface area contributed by atoms with Crippen molar-refractivity contribution in [1.29, 1.82) is 0 Å². The van der Waals surface area contributed by atoms with Crippen molar-refractivity contribution in [2.45, 2.75) is 6.92 Å². The lowest BCUT2D eigenvalue weighted by molar-refractivity contribution is 0.0953. The quantitative estimate of drug-likeness (QED) is 0.725. The van der Waals surface area contributed by atoms with Crippen LogP contribution in [0.25, 0.3) is 11.1 Å². The van der Waals surface area contributed by atoms with Crippen LogP contribution in [0.3, 0.4) is 0 Å². The molecule has 0 unspecified atom stereocenters. The lowest BCUT2D eigenvalue weighted by atomic mass is 10.1. The van der Waals surface area contributed by atoms with Gasteiger partial charge in [0.15, 0.2) is 5.58 Å². The number of carbonyl (C=O) groups is 1. The van der Waals surface area contributed by atoms with Crippen molar-refractivity contribution in [3.8, 4) is 5.75 Å². The first kappa shape index (κ1) is 13.2. The van der Waals surface area contributed by atoms with Gasteiger partial charge in [0.1, 0.15) is 5.75 Å². The number of benzene rings is 2. The fourth-order valence-corrected chi connectivity index (χ4v) is 2.26. The summed E-state index contributed by atoms with van der Waals surface area (Å²) in [6.07, 6.45) is 0. The molecule has 0 fully saturated rings. The van der Waals surface area contributed by atoms with Crippen LogP contribution in [0.4, 0.5) is 0 Å². The topological polar surface area (TPSA) is 61.4 Å². The highest BCUT2D eigenvalue weighted by atomic mass is 16.5. The Morgan fingerprint density at radius 3 is 2.71 bits per heavy atom. The number of fused-ring (bicyclic) bond motifs is 1. The Morgan fingerprint density at radius 1 is 1.19 bits per heavy atom. The van der Waals surface area contributed by atoms with Gasteiger partial charge in [-0.1, -0.05) is 18.2 Å². The minimum Gasteiger partial charge on any atom is -0.496 e. The third kappa shape index (κ3) is 2.12. The molecule has 0 aliphatic carbocycles. The van der Waals surface area contributed by atoms with E-state index in [-0.39, 0.29) is 0 Å². The first-order valence-electron chi connectivity index (χ1n) is 6.42. The summed E-state index contributed by atoms with van der Waals surface area (Å²) in [6, 6.07) is 12.0. The van der Waals surface area contributed by atoms with Crippen molar-refractivity contribution in [3.63, 3.8) is 0 Å². The van der Waals surface area contributed by atoms with Crippen LogP contribution in [-0.4, -0.2) is 17.6 Å². The molecule has 0 bridgehead atoms. The summed E-state index contributed by atoms with van der Waals surface area (Å²) in [6.45, 7) is 1.89. The van der Waals surface area contributed by atoms with Crippen molar-refractivity contribution in [2.75, 3.05) is 7.11 Å². The molecule has 1 aromatic heterocycles. The van der Waals surface area contributed by atoms with E-state index >= 15 is 0 Å². The second-order valence-electron chi connectivity index (χ2n) is 4.68. The molecular formula is C16H13NO4. The van der Waals surface area contributed by atoms with Gasteiger partial charge < -0.3 is 9.15 Å². The molecule has 3 rings (SSSR count). The average Bonchev–Trinajstić information content (AvgIpc) is 2.81. The maximum atomic E-state index is 12.6. The summed E-state index contributed by atoms with van der Waals surface area (Å²) in [5.41, 5.74) is 2.10. The maximum Gasteiger partial charge on any atom is 0.427 e. The van der Waals surface area contributed by atoms with Crippen LogP contribution in [0.5, 0.6) is 5.75 Å². The number of para-hydroxylation sites is 1. The zero-order valence-corrected chi connectivity index (χ0v) is 11.6. The Morgan fingerprint density at radius 2 is 1.95 bits per heavy atom.